The summed E-state index contributed by atoms with van der Waals surface area (Å²) in [5.41, 5.74) is 6.85. The summed E-state index contributed by atoms with van der Waals surface area (Å²) < 4.78 is 0. The SMILES string of the molecule is N/C(=N\O)c1nccnc1N(c1ccccc1)c1nccs1. The Morgan fingerprint density at radius 1 is 1.09 bits per heavy atom. The molecule has 0 amide bonds. The van der Waals surface area contributed by atoms with Crippen molar-refractivity contribution in [1.82, 2.24) is 15.0 Å². The average Bonchev–Trinajstić information content (AvgIpc) is 3.10. The third-order valence-corrected chi connectivity index (χ3v) is 3.62. The molecular formula is C14H12N6OS. The van der Waals surface area contributed by atoms with Crippen LogP contribution in [0.15, 0.2) is 59.5 Å². The Morgan fingerprint density at radius 3 is 2.55 bits per heavy atom. The number of thiazole rings is 1. The maximum Gasteiger partial charge on any atom is 0.195 e. The number of hydrogen-bond acceptors (Lipinski definition) is 7. The fourth-order valence-corrected chi connectivity index (χ4v) is 2.61. The lowest BCUT2D eigenvalue weighted by atomic mass is 10.2. The second-order valence-electron chi connectivity index (χ2n) is 4.20. The van der Waals surface area contributed by atoms with Crippen LogP contribution in [0.4, 0.5) is 16.6 Å². The fraction of sp³-hybridized carbons (Fsp3) is 0. The third-order valence-electron chi connectivity index (χ3n) is 2.87. The number of amidine groups is 1. The van der Waals surface area contributed by atoms with Crippen LogP contribution in [0.2, 0.25) is 0 Å². The largest absolute Gasteiger partial charge is 0.409 e. The zero-order valence-electron chi connectivity index (χ0n) is 11.4. The second kappa shape index (κ2) is 6.19. The van der Waals surface area contributed by atoms with Gasteiger partial charge in [0.25, 0.3) is 0 Å². The van der Waals surface area contributed by atoms with Gasteiger partial charge in [0.2, 0.25) is 0 Å². The Hall–Kier alpha value is -3.00. The van der Waals surface area contributed by atoms with Gasteiger partial charge in [-0.1, -0.05) is 23.4 Å². The lowest BCUT2D eigenvalue weighted by molar-refractivity contribution is 0.318. The number of hydrogen-bond donors (Lipinski definition) is 2. The molecule has 3 aromatic rings. The number of rotatable bonds is 4. The van der Waals surface area contributed by atoms with Gasteiger partial charge in [-0.3, -0.25) is 4.90 Å². The van der Waals surface area contributed by atoms with Crippen molar-refractivity contribution in [3.8, 4) is 0 Å². The number of benzene rings is 1. The van der Waals surface area contributed by atoms with Gasteiger partial charge in [-0.15, -0.1) is 11.3 Å². The zero-order valence-corrected chi connectivity index (χ0v) is 12.2. The van der Waals surface area contributed by atoms with Gasteiger partial charge in [-0.2, -0.15) is 0 Å². The van der Waals surface area contributed by atoms with Crippen LogP contribution in [0.3, 0.4) is 0 Å². The van der Waals surface area contributed by atoms with Crippen LogP contribution >= 0.6 is 11.3 Å². The molecule has 0 atom stereocenters. The molecule has 3 N–H and O–H groups in total. The highest BCUT2D eigenvalue weighted by Gasteiger charge is 2.21. The molecule has 0 fully saturated rings. The summed E-state index contributed by atoms with van der Waals surface area (Å²) in [5.74, 6) is 0.333. The van der Waals surface area contributed by atoms with E-state index in [1.165, 1.54) is 17.5 Å². The maximum atomic E-state index is 8.96. The molecule has 0 aliphatic carbocycles. The van der Waals surface area contributed by atoms with Gasteiger partial charge in [-0.05, 0) is 12.1 Å². The summed E-state index contributed by atoms with van der Waals surface area (Å²) in [6.45, 7) is 0. The molecule has 0 spiro atoms. The molecule has 0 radical (unpaired) electrons. The number of oxime groups is 1. The predicted molar refractivity (Wildman–Crippen MR) is 84.9 cm³/mol. The molecule has 0 aliphatic heterocycles. The van der Waals surface area contributed by atoms with Gasteiger partial charge >= 0.3 is 0 Å². The van der Waals surface area contributed by atoms with Crippen molar-refractivity contribution < 1.29 is 5.21 Å². The molecule has 1 aromatic carbocycles. The smallest absolute Gasteiger partial charge is 0.195 e. The minimum Gasteiger partial charge on any atom is -0.409 e. The summed E-state index contributed by atoms with van der Waals surface area (Å²) in [7, 11) is 0. The molecule has 0 aliphatic rings. The number of aromatic nitrogens is 3. The van der Waals surface area contributed by atoms with E-state index in [9.17, 15) is 0 Å². The van der Waals surface area contributed by atoms with Crippen molar-refractivity contribution in [2.45, 2.75) is 0 Å². The van der Waals surface area contributed by atoms with E-state index in [0.29, 0.717) is 10.9 Å². The zero-order chi connectivity index (χ0) is 15.4. The monoisotopic (exact) mass is 312 g/mol. The van der Waals surface area contributed by atoms with Crippen LogP contribution in [-0.2, 0) is 0 Å². The lowest BCUT2D eigenvalue weighted by Gasteiger charge is -2.22. The summed E-state index contributed by atoms with van der Waals surface area (Å²) in [5, 5.41) is 14.6. The summed E-state index contributed by atoms with van der Waals surface area (Å²) >= 11 is 1.45. The van der Waals surface area contributed by atoms with Gasteiger partial charge < -0.3 is 10.9 Å². The highest BCUT2D eigenvalue weighted by molar-refractivity contribution is 7.13. The number of nitrogens with zero attached hydrogens (tertiary/aromatic N) is 5. The van der Waals surface area contributed by atoms with E-state index in [1.807, 2.05) is 40.6 Å². The van der Waals surface area contributed by atoms with Crippen molar-refractivity contribution >= 4 is 33.8 Å². The first-order valence-electron chi connectivity index (χ1n) is 6.35. The number of anilines is 3. The molecule has 0 saturated heterocycles. The second-order valence-corrected chi connectivity index (χ2v) is 5.07. The van der Waals surface area contributed by atoms with Crippen LogP contribution in [-0.4, -0.2) is 26.0 Å². The van der Waals surface area contributed by atoms with E-state index in [4.69, 9.17) is 10.9 Å². The normalized spacial score (nSPS) is 11.4. The molecule has 3 rings (SSSR count). The summed E-state index contributed by atoms with van der Waals surface area (Å²) in [4.78, 5) is 14.6. The van der Waals surface area contributed by atoms with Crippen molar-refractivity contribution in [1.29, 1.82) is 0 Å². The van der Waals surface area contributed by atoms with Gasteiger partial charge in [0.1, 0.15) is 0 Å². The molecular weight excluding hydrogens is 300 g/mol. The van der Waals surface area contributed by atoms with Crippen LogP contribution in [0.5, 0.6) is 0 Å². The average molecular weight is 312 g/mol. The van der Waals surface area contributed by atoms with Crippen molar-refractivity contribution in [2.24, 2.45) is 10.9 Å². The Balaban J connectivity index is 2.20. The van der Waals surface area contributed by atoms with Crippen LogP contribution in [0.1, 0.15) is 5.69 Å². The Kier molecular flexibility index (Phi) is 3.92. The van der Waals surface area contributed by atoms with E-state index in [1.54, 1.807) is 12.4 Å². The first-order valence-corrected chi connectivity index (χ1v) is 7.23. The van der Waals surface area contributed by atoms with E-state index < -0.39 is 0 Å². The Bertz CT molecular complexity index is 775. The predicted octanol–water partition coefficient (Wildman–Crippen LogP) is 2.50. The molecule has 22 heavy (non-hydrogen) atoms. The van der Waals surface area contributed by atoms with E-state index in [-0.39, 0.29) is 11.5 Å². The van der Waals surface area contributed by atoms with Crippen LogP contribution in [0.25, 0.3) is 0 Å². The standard InChI is InChI=1S/C14H12N6OS/c15-12(19-21)11-13(17-7-6-16-11)20(14-18-8-9-22-14)10-4-2-1-3-5-10/h1-9,21H,(H2,15,19). The first kappa shape index (κ1) is 14.0. The van der Waals surface area contributed by atoms with Gasteiger partial charge in [0, 0.05) is 29.7 Å². The Morgan fingerprint density at radius 2 is 1.86 bits per heavy atom. The molecule has 2 aromatic heterocycles. The molecule has 2 heterocycles. The van der Waals surface area contributed by atoms with E-state index in [0.717, 1.165) is 5.69 Å². The minimum atomic E-state index is -0.111. The quantitative estimate of drug-likeness (QED) is 0.332. The highest BCUT2D eigenvalue weighted by Crippen LogP contribution is 2.35. The molecule has 0 bridgehead atoms. The lowest BCUT2D eigenvalue weighted by Crippen LogP contribution is -2.22. The van der Waals surface area contributed by atoms with Crippen LogP contribution in [0, 0.1) is 0 Å². The third kappa shape index (κ3) is 2.59. The molecule has 110 valence electrons. The van der Waals surface area contributed by atoms with Gasteiger partial charge in [0.15, 0.2) is 22.5 Å². The number of nitrogens with two attached hydrogens (primary N) is 1. The maximum absolute atomic E-state index is 8.96. The van der Waals surface area contributed by atoms with Gasteiger partial charge in [-0.25, -0.2) is 15.0 Å². The van der Waals surface area contributed by atoms with E-state index >= 15 is 0 Å². The number of para-hydroxylation sites is 1. The van der Waals surface area contributed by atoms with E-state index in [2.05, 4.69) is 20.1 Å². The fourth-order valence-electron chi connectivity index (χ4n) is 1.95. The van der Waals surface area contributed by atoms with Gasteiger partial charge in [0.05, 0.1) is 0 Å². The van der Waals surface area contributed by atoms with Crippen molar-refractivity contribution in [2.75, 3.05) is 4.90 Å². The van der Waals surface area contributed by atoms with Crippen molar-refractivity contribution in [3.63, 3.8) is 0 Å². The molecule has 0 unspecified atom stereocenters. The first-order chi connectivity index (χ1) is 10.8. The highest BCUT2D eigenvalue weighted by atomic mass is 32.1. The topological polar surface area (TPSA) is 101 Å². The summed E-state index contributed by atoms with van der Waals surface area (Å²) in [6, 6.07) is 9.59. The van der Waals surface area contributed by atoms with Crippen LogP contribution < -0.4 is 10.6 Å². The Labute approximate surface area is 130 Å². The molecule has 0 saturated carbocycles. The van der Waals surface area contributed by atoms with Crippen molar-refractivity contribution in [3.05, 3.63) is 60.0 Å². The minimum absolute atomic E-state index is 0.111. The summed E-state index contributed by atoms with van der Waals surface area (Å²) in [6.07, 6.45) is 4.74. The molecule has 7 nitrogen and oxygen atoms in total. The molecule has 8 heteroatoms.